The van der Waals surface area contributed by atoms with Gasteiger partial charge in [0.15, 0.2) is 0 Å². The number of hydrogen-bond donors (Lipinski definition) is 3. The summed E-state index contributed by atoms with van der Waals surface area (Å²) in [6.07, 6.45) is 3.30. The molecule has 0 saturated carbocycles. The highest BCUT2D eigenvalue weighted by molar-refractivity contribution is 6.31. The van der Waals surface area contributed by atoms with Gasteiger partial charge in [0.1, 0.15) is 12.8 Å². The Balaban J connectivity index is 1.42. The molecule has 0 spiro atoms. The first-order valence-electron chi connectivity index (χ1n) is 11.9. The molecule has 8 nitrogen and oxygen atoms in total. The van der Waals surface area contributed by atoms with E-state index in [4.69, 9.17) is 16.3 Å². The van der Waals surface area contributed by atoms with Crippen molar-refractivity contribution >= 4 is 23.4 Å². The smallest absolute Gasteiger partial charge is 0.223 e. The van der Waals surface area contributed by atoms with E-state index in [1.165, 1.54) is 0 Å². The van der Waals surface area contributed by atoms with Crippen LogP contribution in [0.5, 0.6) is 5.88 Å². The number of carbonyl (C=O) groups is 2. The molecule has 36 heavy (non-hydrogen) atoms. The number of ether oxygens (including phenoxy) is 1. The van der Waals surface area contributed by atoms with Crippen LogP contribution >= 0.6 is 11.6 Å². The number of benzene rings is 1. The van der Waals surface area contributed by atoms with E-state index in [0.717, 1.165) is 27.9 Å². The molecule has 0 radical (unpaired) electrons. The SMILES string of the molecule is Cc1ccc(COc2ccc(C3CC(=O)NC(c4cc(CNC(=O)C(C)C)ccc4Cl)N3)cn2)cn1. The van der Waals surface area contributed by atoms with Crippen LogP contribution in [0.1, 0.15) is 60.4 Å². The largest absolute Gasteiger partial charge is 0.473 e. The minimum atomic E-state index is -0.477. The molecule has 1 saturated heterocycles. The van der Waals surface area contributed by atoms with E-state index in [2.05, 4.69) is 25.9 Å². The van der Waals surface area contributed by atoms with E-state index in [9.17, 15) is 9.59 Å². The number of hydrogen-bond acceptors (Lipinski definition) is 6. The summed E-state index contributed by atoms with van der Waals surface area (Å²) in [7, 11) is 0. The first-order valence-corrected chi connectivity index (χ1v) is 12.3. The van der Waals surface area contributed by atoms with E-state index >= 15 is 0 Å². The van der Waals surface area contributed by atoms with Crippen molar-refractivity contribution in [1.29, 1.82) is 0 Å². The molecule has 2 amide bonds. The van der Waals surface area contributed by atoms with E-state index in [1.807, 2.05) is 51.1 Å². The summed E-state index contributed by atoms with van der Waals surface area (Å²) >= 11 is 6.49. The quantitative estimate of drug-likeness (QED) is 0.423. The maximum absolute atomic E-state index is 12.6. The monoisotopic (exact) mass is 507 g/mol. The third kappa shape index (κ3) is 6.59. The van der Waals surface area contributed by atoms with Crippen LogP contribution in [0.4, 0.5) is 0 Å². The lowest BCUT2D eigenvalue weighted by Gasteiger charge is -2.32. The Kier molecular flexibility index (Phi) is 8.18. The van der Waals surface area contributed by atoms with Gasteiger partial charge in [-0.05, 0) is 36.2 Å². The number of nitrogens with one attached hydrogen (secondary N) is 3. The lowest BCUT2D eigenvalue weighted by molar-refractivity contribution is -0.125. The number of rotatable bonds is 8. The van der Waals surface area contributed by atoms with E-state index < -0.39 is 6.17 Å². The minimum absolute atomic E-state index is 0.0221. The topological polar surface area (TPSA) is 105 Å². The Bertz CT molecular complexity index is 1220. The Morgan fingerprint density at radius 1 is 1.14 bits per heavy atom. The number of carbonyl (C=O) groups excluding carboxylic acids is 2. The summed E-state index contributed by atoms with van der Waals surface area (Å²) < 4.78 is 5.77. The highest BCUT2D eigenvalue weighted by Gasteiger charge is 2.29. The Labute approximate surface area is 215 Å². The predicted octanol–water partition coefficient (Wildman–Crippen LogP) is 4.14. The van der Waals surface area contributed by atoms with Gasteiger partial charge in [0.05, 0.1) is 0 Å². The Hall–Kier alpha value is -3.49. The van der Waals surface area contributed by atoms with Gasteiger partial charge in [0, 0.05) is 65.2 Å². The average molecular weight is 508 g/mol. The molecular weight excluding hydrogens is 478 g/mol. The van der Waals surface area contributed by atoms with Gasteiger partial charge in [-0.25, -0.2) is 4.98 Å². The highest BCUT2D eigenvalue weighted by Crippen LogP contribution is 2.30. The number of aromatic nitrogens is 2. The molecule has 2 aromatic heterocycles. The summed E-state index contributed by atoms with van der Waals surface area (Å²) in [6, 6.07) is 12.9. The summed E-state index contributed by atoms with van der Waals surface area (Å²) in [4.78, 5) is 33.2. The van der Waals surface area contributed by atoms with Crippen LogP contribution in [-0.4, -0.2) is 21.8 Å². The molecule has 2 atom stereocenters. The van der Waals surface area contributed by atoms with E-state index in [0.29, 0.717) is 24.1 Å². The summed E-state index contributed by atoms with van der Waals surface area (Å²) in [5.74, 6) is 0.286. The molecule has 3 heterocycles. The van der Waals surface area contributed by atoms with Gasteiger partial charge in [-0.2, -0.15) is 0 Å². The van der Waals surface area contributed by atoms with Crippen molar-refractivity contribution in [1.82, 2.24) is 25.9 Å². The van der Waals surface area contributed by atoms with Crippen LogP contribution in [0.2, 0.25) is 5.02 Å². The normalized spacial score (nSPS) is 17.5. The van der Waals surface area contributed by atoms with Crippen molar-refractivity contribution in [2.24, 2.45) is 5.92 Å². The summed E-state index contributed by atoms with van der Waals surface area (Å²) in [6.45, 7) is 6.39. The second kappa shape index (κ2) is 11.5. The van der Waals surface area contributed by atoms with Crippen molar-refractivity contribution in [3.8, 4) is 5.88 Å². The zero-order chi connectivity index (χ0) is 25.7. The fraction of sp³-hybridized carbons (Fsp3) is 0.333. The second-order valence-electron chi connectivity index (χ2n) is 9.18. The van der Waals surface area contributed by atoms with Crippen molar-refractivity contribution in [3.63, 3.8) is 0 Å². The van der Waals surface area contributed by atoms with Gasteiger partial charge in [0.2, 0.25) is 17.7 Å². The molecule has 3 N–H and O–H groups in total. The van der Waals surface area contributed by atoms with Crippen LogP contribution in [0.3, 0.4) is 0 Å². The molecule has 3 aromatic rings. The third-order valence-corrected chi connectivity index (χ3v) is 6.29. The van der Waals surface area contributed by atoms with Crippen LogP contribution in [0.15, 0.2) is 54.9 Å². The van der Waals surface area contributed by atoms with Gasteiger partial charge in [-0.15, -0.1) is 0 Å². The lowest BCUT2D eigenvalue weighted by atomic mass is 9.99. The van der Waals surface area contributed by atoms with Crippen molar-refractivity contribution in [3.05, 3.63) is 87.8 Å². The third-order valence-electron chi connectivity index (χ3n) is 5.95. The Morgan fingerprint density at radius 3 is 2.64 bits per heavy atom. The van der Waals surface area contributed by atoms with Gasteiger partial charge < -0.3 is 15.4 Å². The average Bonchev–Trinajstić information content (AvgIpc) is 2.87. The zero-order valence-corrected chi connectivity index (χ0v) is 21.3. The molecule has 188 valence electrons. The lowest BCUT2D eigenvalue weighted by Crippen LogP contribution is -2.46. The van der Waals surface area contributed by atoms with Crippen molar-refractivity contribution in [2.75, 3.05) is 0 Å². The summed E-state index contributed by atoms with van der Waals surface area (Å²) in [5, 5.41) is 9.86. The molecule has 1 aliphatic rings. The molecule has 1 aromatic carbocycles. The molecule has 0 aliphatic carbocycles. The first kappa shape index (κ1) is 25.6. The molecule has 0 bridgehead atoms. The van der Waals surface area contributed by atoms with Crippen molar-refractivity contribution < 1.29 is 14.3 Å². The van der Waals surface area contributed by atoms with Gasteiger partial charge in [-0.3, -0.25) is 19.9 Å². The number of amides is 2. The molecule has 1 fully saturated rings. The van der Waals surface area contributed by atoms with Crippen molar-refractivity contribution in [2.45, 2.75) is 52.6 Å². The number of nitrogens with zero attached hydrogens (tertiary/aromatic N) is 2. The molecule has 2 unspecified atom stereocenters. The standard InChI is InChI=1S/C27H30ClN5O3/c1-16(2)27(35)31-12-18-6-8-22(28)21(10-18)26-32-23(11-24(34)33-26)20-7-9-25(30-14-20)36-15-19-5-4-17(3)29-13-19/h4-10,13-14,16,23,26,32H,11-12,15H2,1-3H3,(H,31,35)(H,33,34). The molecule has 9 heteroatoms. The molecule has 4 rings (SSSR count). The maximum atomic E-state index is 12.6. The number of aryl methyl sites for hydroxylation is 1. The molecule has 1 aliphatic heterocycles. The van der Waals surface area contributed by atoms with E-state index in [-0.39, 0.29) is 30.2 Å². The fourth-order valence-corrected chi connectivity index (χ4v) is 4.06. The second-order valence-corrected chi connectivity index (χ2v) is 9.59. The minimum Gasteiger partial charge on any atom is -0.473 e. The number of pyridine rings is 2. The zero-order valence-electron chi connectivity index (χ0n) is 20.5. The fourth-order valence-electron chi connectivity index (χ4n) is 3.83. The van der Waals surface area contributed by atoms with Gasteiger partial charge in [0.25, 0.3) is 0 Å². The van der Waals surface area contributed by atoms with Crippen LogP contribution < -0.4 is 20.7 Å². The molecular formula is C27H30ClN5O3. The van der Waals surface area contributed by atoms with Gasteiger partial charge in [-0.1, -0.05) is 43.6 Å². The number of halogens is 1. The summed E-state index contributed by atoms with van der Waals surface area (Å²) in [5.41, 5.74) is 4.42. The van der Waals surface area contributed by atoms with Gasteiger partial charge >= 0.3 is 0 Å². The Morgan fingerprint density at radius 2 is 1.94 bits per heavy atom. The van der Waals surface area contributed by atoms with Crippen LogP contribution in [0, 0.1) is 12.8 Å². The first-order chi connectivity index (χ1) is 17.3. The maximum Gasteiger partial charge on any atom is 0.223 e. The highest BCUT2D eigenvalue weighted by atomic mass is 35.5. The predicted molar refractivity (Wildman–Crippen MR) is 137 cm³/mol. The van der Waals surface area contributed by atoms with Crippen LogP contribution in [-0.2, 0) is 22.7 Å². The van der Waals surface area contributed by atoms with Crippen LogP contribution in [0.25, 0.3) is 0 Å². The van der Waals surface area contributed by atoms with E-state index in [1.54, 1.807) is 24.5 Å².